The minimum absolute atomic E-state index is 0.229. The molecule has 1 atom stereocenters. The van der Waals surface area contributed by atoms with E-state index in [0.29, 0.717) is 29.7 Å². The molecule has 1 aromatic heterocycles. The lowest BCUT2D eigenvalue weighted by atomic mass is 10.2. The molecule has 0 saturated carbocycles. The van der Waals surface area contributed by atoms with Gasteiger partial charge in [-0.05, 0) is 26.1 Å². The highest BCUT2D eigenvalue weighted by Crippen LogP contribution is 2.41. The minimum atomic E-state index is 0.229. The van der Waals surface area contributed by atoms with E-state index in [-0.39, 0.29) is 6.04 Å². The van der Waals surface area contributed by atoms with Gasteiger partial charge in [0.2, 0.25) is 0 Å². The molecule has 2 aromatic rings. The second kappa shape index (κ2) is 5.60. The Kier molecular flexibility index (Phi) is 3.83. The molecule has 1 aromatic carbocycles. The average molecular weight is 311 g/mol. The van der Waals surface area contributed by atoms with Crippen molar-refractivity contribution in [3.05, 3.63) is 28.2 Å². The van der Waals surface area contributed by atoms with Crippen molar-refractivity contribution in [1.29, 1.82) is 0 Å². The average Bonchev–Trinajstić information content (AvgIpc) is 2.96. The van der Waals surface area contributed by atoms with Crippen LogP contribution in [-0.2, 0) is 0 Å². The number of ether oxygens (including phenoxy) is 2. The number of nitrogens with zero attached hydrogens (tertiary/aromatic N) is 1. The second-order valence-electron chi connectivity index (χ2n) is 4.57. The van der Waals surface area contributed by atoms with Gasteiger partial charge in [0.05, 0.1) is 10.7 Å². The molecule has 0 aliphatic carbocycles. The van der Waals surface area contributed by atoms with E-state index in [4.69, 9.17) is 21.1 Å². The summed E-state index contributed by atoms with van der Waals surface area (Å²) >= 11 is 7.85. The number of hydrogen-bond acceptors (Lipinski definition) is 5. The standard InChI is InChI=1S/C14H15ClN2O2S/c1-8(16-2)11-7-20-14(17-11)9-5-10(15)13-12(6-9)18-3-4-19-13/h5-8,16H,3-4H2,1-2H3. The Labute approximate surface area is 126 Å². The number of aromatic nitrogens is 1. The topological polar surface area (TPSA) is 43.4 Å². The Bertz CT molecular complexity index is 630. The monoisotopic (exact) mass is 310 g/mol. The van der Waals surface area contributed by atoms with Gasteiger partial charge in [0.1, 0.15) is 18.2 Å². The number of hydrogen-bond donors (Lipinski definition) is 1. The summed E-state index contributed by atoms with van der Waals surface area (Å²) in [5.74, 6) is 1.32. The van der Waals surface area contributed by atoms with E-state index in [9.17, 15) is 0 Å². The lowest BCUT2D eigenvalue weighted by Gasteiger charge is -2.19. The van der Waals surface area contributed by atoms with Crippen molar-refractivity contribution in [2.75, 3.05) is 20.3 Å². The number of thiazole rings is 1. The smallest absolute Gasteiger partial charge is 0.179 e. The molecule has 4 nitrogen and oxygen atoms in total. The van der Waals surface area contributed by atoms with E-state index in [2.05, 4.69) is 22.6 Å². The van der Waals surface area contributed by atoms with Gasteiger partial charge in [0.25, 0.3) is 0 Å². The van der Waals surface area contributed by atoms with Crippen molar-refractivity contribution in [3.8, 4) is 22.1 Å². The van der Waals surface area contributed by atoms with Crippen LogP contribution in [0, 0.1) is 0 Å². The van der Waals surface area contributed by atoms with Gasteiger partial charge in [-0.15, -0.1) is 11.3 Å². The van der Waals surface area contributed by atoms with Gasteiger partial charge in [-0.2, -0.15) is 0 Å². The first-order valence-electron chi connectivity index (χ1n) is 6.41. The molecule has 0 amide bonds. The summed E-state index contributed by atoms with van der Waals surface area (Å²) in [6.45, 7) is 3.16. The molecule has 1 N–H and O–H groups in total. The Balaban J connectivity index is 1.98. The molecule has 0 bridgehead atoms. The van der Waals surface area contributed by atoms with Gasteiger partial charge in [-0.3, -0.25) is 0 Å². The Morgan fingerprint density at radius 1 is 1.35 bits per heavy atom. The van der Waals surface area contributed by atoms with Crippen LogP contribution in [-0.4, -0.2) is 25.2 Å². The maximum atomic E-state index is 6.25. The molecule has 6 heteroatoms. The Morgan fingerprint density at radius 2 is 2.15 bits per heavy atom. The van der Waals surface area contributed by atoms with Crippen LogP contribution in [0.5, 0.6) is 11.5 Å². The van der Waals surface area contributed by atoms with Gasteiger partial charge >= 0.3 is 0 Å². The molecule has 2 heterocycles. The van der Waals surface area contributed by atoms with Crippen LogP contribution in [0.3, 0.4) is 0 Å². The molecule has 0 spiro atoms. The zero-order valence-electron chi connectivity index (χ0n) is 11.3. The fourth-order valence-electron chi connectivity index (χ4n) is 2.00. The summed E-state index contributed by atoms with van der Waals surface area (Å²) < 4.78 is 11.1. The van der Waals surface area contributed by atoms with E-state index < -0.39 is 0 Å². The van der Waals surface area contributed by atoms with Gasteiger partial charge in [-0.1, -0.05) is 11.6 Å². The fraction of sp³-hybridized carbons (Fsp3) is 0.357. The summed E-state index contributed by atoms with van der Waals surface area (Å²) in [7, 11) is 1.92. The third-order valence-electron chi connectivity index (χ3n) is 3.24. The maximum Gasteiger partial charge on any atom is 0.179 e. The second-order valence-corrected chi connectivity index (χ2v) is 5.84. The zero-order chi connectivity index (χ0) is 14.1. The number of benzene rings is 1. The molecule has 106 valence electrons. The number of nitrogens with one attached hydrogen (secondary N) is 1. The quantitative estimate of drug-likeness (QED) is 0.942. The van der Waals surface area contributed by atoms with E-state index in [1.807, 2.05) is 19.2 Å². The van der Waals surface area contributed by atoms with Crippen molar-refractivity contribution in [3.63, 3.8) is 0 Å². The third-order valence-corrected chi connectivity index (χ3v) is 4.43. The van der Waals surface area contributed by atoms with Gasteiger partial charge in [-0.25, -0.2) is 4.98 Å². The van der Waals surface area contributed by atoms with Gasteiger partial charge in [0.15, 0.2) is 11.5 Å². The van der Waals surface area contributed by atoms with E-state index in [0.717, 1.165) is 16.3 Å². The highest BCUT2D eigenvalue weighted by molar-refractivity contribution is 7.13. The minimum Gasteiger partial charge on any atom is -0.486 e. The predicted molar refractivity (Wildman–Crippen MR) is 81.0 cm³/mol. The molecular weight excluding hydrogens is 296 g/mol. The van der Waals surface area contributed by atoms with Crippen LogP contribution in [0.1, 0.15) is 18.7 Å². The Morgan fingerprint density at radius 3 is 2.95 bits per heavy atom. The summed E-state index contributed by atoms with van der Waals surface area (Å²) in [6, 6.07) is 4.04. The maximum absolute atomic E-state index is 6.25. The van der Waals surface area contributed by atoms with E-state index in [1.54, 1.807) is 11.3 Å². The number of rotatable bonds is 3. The first-order valence-corrected chi connectivity index (χ1v) is 7.67. The predicted octanol–water partition coefficient (Wildman–Crippen LogP) is 3.52. The molecule has 0 radical (unpaired) electrons. The molecule has 1 aliphatic heterocycles. The van der Waals surface area contributed by atoms with Crippen molar-refractivity contribution >= 4 is 22.9 Å². The lowest BCUT2D eigenvalue weighted by Crippen LogP contribution is -2.15. The van der Waals surface area contributed by atoms with Crippen molar-refractivity contribution < 1.29 is 9.47 Å². The van der Waals surface area contributed by atoms with Crippen LogP contribution < -0.4 is 14.8 Å². The van der Waals surface area contributed by atoms with Gasteiger partial charge in [0, 0.05) is 17.0 Å². The zero-order valence-corrected chi connectivity index (χ0v) is 12.8. The van der Waals surface area contributed by atoms with Crippen LogP contribution in [0.25, 0.3) is 10.6 Å². The highest BCUT2D eigenvalue weighted by Gasteiger charge is 2.18. The molecule has 1 unspecified atom stereocenters. The summed E-state index contributed by atoms with van der Waals surface area (Å²) in [4.78, 5) is 4.64. The Hall–Kier alpha value is -1.30. The molecule has 0 fully saturated rings. The van der Waals surface area contributed by atoms with Crippen LogP contribution >= 0.6 is 22.9 Å². The summed E-state index contributed by atoms with van der Waals surface area (Å²) in [5, 5.41) is 6.73. The molecule has 3 rings (SSSR count). The molecule has 0 saturated heterocycles. The first-order chi connectivity index (χ1) is 9.69. The van der Waals surface area contributed by atoms with Crippen molar-refractivity contribution in [2.24, 2.45) is 0 Å². The highest BCUT2D eigenvalue weighted by atomic mass is 35.5. The summed E-state index contributed by atoms with van der Waals surface area (Å²) in [6.07, 6.45) is 0. The van der Waals surface area contributed by atoms with Crippen LogP contribution in [0.4, 0.5) is 0 Å². The van der Waals surface area contributed by atoms with Gasteiger partial charge < -0.3 is 14.8 Å². The lowest BCUT2D eigenvalue weighted by molar-refractivity contribution is 0.172. The number of fused-ring (bicyclic) bond motifs is 1. The normalized spacial score (nSPS) is 15.2. The van der Waals surface area contributed by atoms with Crippen LogP contribution in [0.2, 0.25) is 5.02 Å². The van der Waals surface area contributed by atoms with E-state index in [1.165, 1.54) is 0 Å². The molecule has 20 heavy (non-hydrogen) atoms. The molecule has 1 aliphatic rings. The fourth-order valence-corrected chi connectivity index (χ4v) is 3.17. The number of halogens is 1. The SMILES string of the molecule is CNC(C)c1csc(-c2cc(Cl)c3c(c2)OCCO3)n1. The van der Waals surface area contributed by atoms with Crippen molar-refractivity contribution in [1.82, 2.24) is 10.3 Å². The first kappa shape index (κ1) is 13.7. The van der Waals surface area contributed by atoms with E-state index >= 15 is 0 Å². The van der Waals surface area contributed by atoms with Crippen LogP contribution in [0.15, 0.2) is 17.5 Å². The van der Waals surface area contributed by atoms with Crippen molar-refractivity contribution in [2.45, 2.75) is 13.0 Å². The largest absolute Gasteiger partial charge is 0.486 e. The summed E-state index contributed by atoms with van der Waals surface area (Å²) in [5.41, 5.74) is 1.98. The third kappa shape index (κ3) is 2.49. The molecular formula is C14H15ClN2O2S.